The number of nitrogens with one attached hydrogen (secondary N) is 1. The number of benzene rings is 2. The van der Waals surface area contributed by atoms with Crippen LogP contribution >= 0.6 is 23.2 Å². The van der Waals surface area contributed by atoms with Crippen LogP contribution in [0.5, 0.6) is 5.75 Å². The van der Waals surface area contributed by atoms with E-state index in [0.717, 1.165) is 6.07 Å². The fourth-order valence-electron chi connectivity index (χ4n) is 2.03. The van der Waals surface area contributed by atoms with Crippen molar-refractivity contribution in [3.63, 3.8) is 0 Å². The van der Waals surface area contributed by atoms with Gasteiger partial charge in [0.05, 0.1) is 27.8 Å². The van der Waals surface area contributed by atoms with Gasteiger partial charge in [-0.1, -0.05) is 37.0 Å². The molecule has 0 saturated heterocycles. The van der Waals surface area contributed by atoms with Crippen molar-refractivity contribution in [1.29, 1.82) is 0 Å². The molecule has 0 atom stereocenters. The lowest BCUT2D eigenvalue weighted by Crippen LogP contribution is -2.18. The molecule has 148 valence electrons. The van der Waals surface area contributed by atoms with Gasteiger partial charge in [-0.05, 0) is 30.2 Å². The molecule has 2 aromatic rings. The zero-order valence-electron chi connectivity index (χ0n) is 14.9. The number of nitro groups is 1. The molecule has 0 heterocycles. The summed E-state index contributed by atoms with van der Waals surface area (Å²) in [4.78, 5) is 34.6. The fraction of sp³-hybridized carbons (Fsp3) is 0.222. The Balaban J connectivity index is 2.22. The Morgan fingerprint density at radius 2 is 1.89 bits per heavy atom. The fourth-order valence-corrected chi connectivity index (χ4v) is 2.43. The second-order valence-electron chi connectivity index (χ2n) is 6.07. The average molecular weight is 427 g/mol. The van der Waals surface area contributed by atoms with E-state index in [1.165, 1.54) is 30.3 Å². The third kappa shape index (κ3) is 5.83. The summed E-state index contributed by atoms with van der Waals surface area (Å²) in [5.41, 5.74) is -0.114. The first-order chi connectivity index (χ1) is 13.2. The molecule has 0 spiro atoms. The Bertz CT molecular complexity index is 917. The number of amides is 1. The van der Waals surface area contributed by atoms with Gasteiger partial charge in [-0.25, -0.2) is 4.79 Å². The Labute approximate surface area is 170 Å². The van der Waals surface area contributed by atoms with E-state index in [0.29, 0.717) is 0 Å². The Kier molecular flexibility index (Phi) is 7.19. The van der Waals surface area contributed by atoms with Crippen molar-refractivity contribution in [1.82, 2.24) is 0 Å². The molecular formula is C18H16Cl2N2O6. The highest BCUT2D eigenvalue weighted by Crippen LogP contribution is 2.29. The van der Waals surface area contributed by atoms with Crippen LogP contribution in [0.25, 0.3) is 0 Å². The van der Waals surface area contributed by atoms with Crippen molar-refractivity contribution in [2.45, 2.75) is 13.8 Å². The second kappa shape index (κ2) is 9.38. The van der Waals surface area contributed by atoms with Crippen LogP contribution in [0.15, 0.2) is 36.4 Å². The number of carbonyl (C=O) groups excluding carboxylic acids is 2. The third-order valence-corrected chi connectivity index (χ3v) is 3.87. The monoisotopic (exact) mass is 426 g/mol. The summed E-state index contributed by atoms with van der Waals surface area (Å²) in [5, 5.41) is 13.5. The van der Waals surface area contributed by atoms with Gasteiger partial charge in [0.25, 0.3) is 11.6 Å². The van der Waals surface area contributed by atoms with Gasteiger partial charge in [0.2, 0.25) is 0 Å². The van der Waals surface area contributed by atoms with Crippen molar-refractivity contribution in [2.75, 3.05) is 11.9 Å². The highest BCUT2D eigenvalue weighted by Gasteiger charge is 2.19. The van der Waals surface area contributed by atoms with Crippen molar-refractivity contribution < 1.29 is 24.0 Å². The third-order valence-electron chi connectivity index (χ3n) is 3.33. The van der Waals surface area contributed by atoms with Crippen molar-refractivity contribution >= 4 is 46.6 Å². The molecule has 0 aliphatic rings. The number of non-ortho nitro benzene ring substituents is 1. The molecule has 0 unspecified atom stereocenters. The maximum Gasteiger partial charge on any atom is 0.513 e. The molecule has 1 N–H and O–H groups in total. The molecule has 0 bridgehead atoms. The quantitative estimate of drug-likeness (QED) is 0.289. The SMILES string of the molecule is CC(C)COC(=O)Oc1ccc(Cl)cc1C(=O)Nc1ccc([N+](=O)[O-])cc1Cl. The standard InChI is InChI=1S/C18H16Cl2N2O6/c1-10(2)9-27-18(24)28-16-6-3-11(19)7-13(16)17(23)21-15-5-4-12(22(25)26)8-14(15)20/h3-8,10H,9H2,1-2H3,(H,21,23). The molecule has 2 aromatic carbocycles. The summed E-state index contributed by atoms with van der Waals surface area (Å²) in [6.45, 7) is 3.89. The van der Waals surface area contributed by atoms with Crippen LogP contribution in [0.1, 0.15) is 24.2 Å². The first-order valence-corrected chi connectivity index (χ1v) is 8.82. The van der Waals surface area contributed by atoms with E-state index in [1.54, 1.807) is 0 Å². The van der Waals surface area contributed by atoms with Gasteiger partial charge in [-0.15, -0.1) is 0 Å². The summed E-state index contributed by atoms with van der Waals surface area (Å²) >= 11 is 11.9. The van der Waals surface area contributed by atoms with E-state index in [1.807, 2.05) is 13.8 Å². The summed E-state index contributed by atoms with van der Waals surface area (Å²) in [7, 11) is 0. The lowest BCUT2D eigenvalue weighted by atomic mass is 10.1. The van der Waals surface area contributed by atoms with Gasteiger partial charge in [0.15, 0.2) is 0 Å². The first-order valence-electron chi connectivity index (χ1n) is 8.07. The molecule has 0 aliphatic carbocycles. The first kappa shape index (κ1) is 21.5. The van der Waals surface area contributed by atoms with E-state index < -0.39 is 17.0 Å². The smallest absolute Gasteiger partial charge is 0.434 e. The van der Waals surface area contributed by atoms with E-state index in [2.05, 4.69) is 5.32 Å². The van der Waals surface area contributed by atoms with Crippen LogP contribution in [0, 0.1) is 16.0 Å². The van der Waals surface area contributed by atoms with Crippen molar-refractivity contribution in [3.05, 3.63) is 62.1 Å². The lowest BCUT2D eigenvalue weighted by Gasteiger charge is -2.12. The van der Waals surface area contributed by atoms with Gasteiger partial charge < -0.3 is 14.8 Å². The van der Waals surface area contributed by atoms with Crippen LogP contribution in [0.3, 0.4) is 0 Å². The highest BCUT2D eigenvalue weighted by atomic mass is 35.5. The Morgan fingerprint density at radius 3 is 2.50 bits per heavy atom. The number of nitro benzene ring substituents is 1. The Morgan fingerprint density at radius 1 is 1.18 bits per heavy atom. The summed E-state index contributed by atoms with van der Waals surface area (Å²) in [6.07, 6.45) is -0.960. The zero-order valence-corrected chi connectivity index (χ0v) is 16.4. The molecule has 10 heteroatoms. The minimum atomic E-state index is -0.960. The molecule has 0 saturated carbocycles. The second-order valence-corrected chi connectivity index (χ2v) is 6.92. The summed E-state index contributed by atoms with van der Waals surface area (Å²) in [6, 6.07) is 7.70. The number of nitrogens with zero attached hydrogens (tertiary/aromatic N) is 1. The van der Waals surface area contributed by atoms with Crippen LogP contribution in [0.2, 0.25) is 10.0 Å². The maximum absolute atomic E-state index is 12.6. The number of halogens is 2. The van der Waals surface area contributed by atoms with E-state index in [9.17, 15) is 19.7 Å². The minimum Gasteiger partial charge on any atom is -0.434 e. The molecule has 8 nitrogen and oxygen atoms in total. The molecule has 0 radical (unpaired) electrons. The van der Waals surface area contributed by atoms with E-state index in [-0.39, 0.29) is 45.3 Å². The van der Waals surface area contributed by atoms with Crippen LogP contribution in [-0.4, -0.2) is 23.6 Å². The predicted molar refractivity (Wildman–Crippen MR) is 104 cm³/mol. The van der Waals surface area contributed by atoms with Gasteiger partial charge in [-0.3, -0.25) is 14.9 Å². The summed E-state index contributed by atoms with van der Waals surface area (Å²) in [5.74, 6) is -0.622. The zero-order chi connectivity index (χ0) is 20.8. The molecule has 1 amide bonds. The molecule has 0 aliphatic heterocycles. The number of carbonyl (C=O) groups is 2. The molecule has 2 rings (SSSR count). The largest absolute Gasteiger partial charge is 0.513 e. The molecular weight excluding hydrogens is 411 g/mol. The number of hydrogen-bond donors (Lipinski definition) is 1. The average Bonchev–Trinajstić information content (AvgIpc) is 2.62. The summed E-state index contributed by atoms with van der Waals surface area (Å²) < 4.78 is 10.0. The number of hydrogen-bond acceptors (Lipinski definition) is 6. The van der Waals surface area contributed by atoms with Crippen molar-refractivity contribution in [3.8, 4) is 5.75 Å². The molecule has 0 fully saturated rings. The normalized spacial score (nSPS) is 10.5. The van der Waals surface area contributed by atoms with Gasteiger partial charge in [-0.2, -0.15) is 0 Å². The van der Waals surface area contributed by atoms with E-state index >= 15 is 0 Å². The maximum atomic E-state index is 12.6. The van der Waals surface area contributed by atoms with Crippen molar-refractivity contribution in [2.24, 2.45) is 5.92 Å². The van der Waals surface area contributed by atoms with Crippen LogP contribution in [0.4, 0.5) is 16.2 Å². The predicted octanol–water partition coefficient (Wildman–Crippen LogP) is 5.33. The Hall–Kier alpha value is -2.84. The number of rotatable bonds is 6. The van der Waals surface area contributed by atoms with Gasteiger partial charge in [0, 0.05) is 17.2 Å². The minimum absolute atomic E-state index is 0.0246. The van der Waals surface area contributed by atoms with Crippen LogP contribution < -0.4 is 10.1 Å². The van der Waals surface area contributed by atoms with Crippen LogP contribution in [-0.2, 0) is 4.74 Å². The number of ether oxygens (including phenoxy) is 2. The molecule has 28 heavy (non-hydrogen) atoms. The van der Waals surface area contributed by atoms with Gasteiger partial charge in [0.1, 0.15) is 5.75 Å². The molecule has 0 aromatic heterocycles. The lowest BCUT2D eigenvalue weighted by molar-refractivity contribution is -0.384. The highest BCUT2D eigenvalue weighted by molar-refractivity contribution is 6.34. The number of anilines is 1. The topological polar surface area (TPSA) is 108 Å². The van der Waals surface area contributed by atoms with E-state index in [4.69, 9.17) is 32.7 Å². The van der Waals surface area contributed by atoms with Gasteiger partial charge >= 0.3 is 6.16 Å².